The number of hydrogen-bond donors (Lipinski definition) is 9. The Balaban J connectivity index is 2.52. The Bertz CT molecular complexity index is 1010. The minimum Gasteiger partial charge on any atom is -0.393 e. The van der Waals surface area contributed by atoms with Crippen LogP contribution < -0.4 is 5.32 Å². The van der Waals surface area contributed by atoms with Gasteiger partial charge in [-0.25, -0.2) is 4.57 Å². The highest BCUT2D eigenvalue weighted by atomic mass is 31.2. The number of hydrogen-bond acceptors (Lipinski definition) is 11. The third kappa shape index (κ3) is 24.5. The number of carbonyl (C=O) groups excluding carboxylic acids is 1. The van der Waals surface area contributed by atoms with E-state index in [1.165, 1.54) is 109 Å². The molecular weight excluding hydrogens is 729 g/mol. The molecule has 1 rings (SSSR count). The van der Waals surface area contributed by atoms with Gasteiger partial charge in [-0.05, 0) is 19.3 Å². The van der Waals surface area contributed by atoms with Gasteiger partial charge in [0, 0.05) is 0 Å². The Hall–Kier alpha value is -0.960. The van der Waals surface area contributed by atoms with Crippen LogP contribution in [0.2, 0.25) is 0 Å². The number of carbonyl (C=O) groups is 1. The average Bonchev–Trinajstić information content (AvgIpc) is 3.15. The Morgan fingerprint density at radius 1 is 0.636 bits per heavy atom. The standard InChI is InChI=1S/C41H80NO12P/c1-3-5-7-9-11-13-14-15-16-17-18-19-21-22-24-26-28-32(43)30-35(45)42-33(34(44)29-27-25-23-20-12-10-8-6-4-2)31-53-55(51,52)54-41-39(49)37(47)36(46)38(48)40(41)50/h27,29,32-34,36-41,43-44,46-50H,3-26,28,30-31H2,1-2H3,(H,42,45)(H,51,52)/b29-27+. The van der Waals surface area contributed by atoms with Crippen LogP contribution in [-0.2, 0) is 18.4 Å². The zero-order chi connectivity index (χ0) is 40.9. The largest absolute Gasteiger partial charge is 0.472 e. The van der Waals surface area contributed by atoms with Crippen LogP contribution in [0.4, 0.5) is 0 Å². The number of aliphatic hydroxyl groups is 7. The Kier molecular flexibility index (Phi) is 30.3. The highest BCUT2D eigenvalue weighted by molar-refractivity contribution is 7.47. The molecule has 1 aliphatic carbocycles. The maximum Gasteiger partial charge on any atom is 0.472 e. The molecular formula is C41H80NO12P. The van der Waals surface area contributed by atoms with Crippen LogP contribution in [0.5, 0.6) is 0 Å². The molecule has 1 fully saturated rings. The fourth-order valence-corrected chi connectivity index (χ4v) is 7.97. The van der Waals surface area contributed by atoms with Crippen molar-refractivity contribution in [1.82, 2.24) is 5.32 Å². The second-order valence-electron chi connectivity index (χ2n) is 15.7. The summed E-state index contributed by atoms with van der Waals surface area (Å²) in [6.07, 6.45) is 17.6. The van der Waals surface area contributed by atoms with Gasteiger partial charge >= 0.3 is 7.82 Å². The van der Waals surface area contributed by atoms with Crippen molar-refractivity contribution in [1.29, 1.82) is 0 Å². The van der Waals surface area contributed by atoms with E-state index in [2.05, 4.69) is 19.2 Å². The van der Waals surface area contributed by atoms with E-state index in [-0.39, 0.29) is 6.42 Å². The summed E-state index contributed by atoms with van der Waals surface area (Å²) in [6, 6.07) is -1.23. The van der Waals surface area contributed by atoms with Gasteiger partial charge in [0.1, 0.15) is 36.6 Å². The topological polar surface area (TPSA) is 226 Å². The number of phosphoric acid groups is 1. The number of unbranched alkanes of at least 4 members (excludes halogenated alkanes) is 22. The number of aliphatic hydroxyl groups excluding tert-OH is 7. The lowest BCUT2D eigenvalue weighted by atomic mass is 9.85. The summed E-state index contributed by atoms with van der Waals surface area (Å²) in [6.45, 7) is 3.68. The van der Waals surface area contributed by atoms with Crippen LogP contribution in [0.1, 0.15) is 181 Å². The maximum absolute atomic E-state index is 12.9. The number of allylic oxidation sites excluding steroid dienone is 1. The highest BCUT2D eigenvalue weighted by Gasteiger charge is 2.51. The Morgan fingerprint density at radius 3 is 1.49 bits per heavy atom. The molecule has 0 aromatic carbocycles. The summed E-state index contributed by atoms with van der Waals surface area (Å²) in [4.78, 5) is 23.3. The molecule has 0 heterocycles. The highest BCUT2D eigenvalue weighted by Crippen LogP contribution is 2.47. The average molecular weight is 810 g/mol. The van der Waals surface area contributed by atoms with Gasteiger partial charge in [0.2, 0.25) is 5.91 Å². The van der Waals surface area contributed by atoms with E-state index in [1.54, 1.807) is 6.08 Å². The molecule has 14 heteroatoms. The molecule has 8 atom stereocenters. The van der Waals surface area contributed by atoms with Crippen LogP contribution in [0.3, 0.4) is 0 Å². The number of amides is 1. The zero-order valence-electron chi connectivity index (χ0n) is 34.1. The summed E-state index contributed by atoms with van der Waals surface area (Å²) < 4.78 is 22.7. The van der Waals surface area contributed by atoms with E-state index in [9.17, 15) is 50.0 Å². The van der Waals surface area contributed by atoms with Gasteiger partial charge in [0.15, 0.2) is 0 Å². The predicted molar refractivity (Wildman–Crippen MR) is 215 cm³/mol. The van der Waals surface area contributed by atoms with Crippen molar-refractivity contribution in [3.8, 4) is 0 Å². The first-order chi connectivity index (χ1) is 26.3. The van der Waals surface area contributed by atoms with Crippen LogP contribution in [0.15, 0.2) is 12.2 Å². The summed E-state index contributed by atoms with van der Waals surface area (Å²) in [5.41, 5.74) is 0. The quantitative estimate of drug-likeness (QED) is 0.0197. The molecule has 0 aliphatic heterocycles. The first kappa shape index (κ1) is 52.1. The Labute approximate surface area is 331 Å². The zero-order valence-corrected chi connectivity index (χ0v) is 35.0. The third-order valence-electron chi connectivity index (χ3n) is 10.6. The van der Waals surface area contributed by atoms with Crippen molar-refractivity contribution in [3.63, 3.8) is 0 Å². The van der Waals surface area contributed by atoms with Crippen LogP contribution in [0.25, 0.3) is 0 Å². The van der Waals surface area contributed by atoms with E-state index in [0.717, 1.165) is 44.9 Å². The first-order valence-electron chi connectivity index (χ1n) is 21.7. The minimum atomic E-state index is -5.13. The normalized spacial score (nSPS) is 24.5. The lowest BCUT2D eigenvalue weighted by Crippen LogP contribution is -2.64. The van der Waals surface area contributed by atoms with E-state index in [1.807, 2.05) is 0 Å². The molecule has 13 nitrogen and oxygen atoms in total. The summed E-state index contributed by atoms with van der Waals surface area (Å²) >= 11 is 0. The molecule has 8 unspecified atom stereocenters. The van der Waals surface area contributed by atoms with E-state index in [4.69, 9.17) is 9.05 Å². The molecule has 0 radical (unpaired) electrons. The van der Waals surface area contributed by atoms with E-state index < -0.39 is 75.2 Å². The second-order valence-corrected chi connectivity index (χ2v) is 17.1. The number of rotatable bonds is 35. The van der Waals surface area contributed by atoms with Gasteiger partial charge in [-0.2, -0.15) is 0 Å². The predicted octanol–water partition coefficient (Wildman–Crippen LogP) is 6.25. The van der Waals surface area contributed by atoms with Crippen molar-refractivity contribution < 1.29 is 59.0 Å². The van der Waals surface area contributed by atoms with Gasteiger partial charge in [0.05, 0.1) is 31.3 Å². The molecule has 0 aromatic heterocycles. The molecule has 0 bridgehead atoms. The maximum atomic E-state index is 12.9. The number of phosphoric ester groups is 1. The van der Waals surface area contributed by atoms with Gasteiger partial charge in [-0.3, -0.25) is 13.8 Å². The lowest BCUT2D eigenvalue weighted by molar-refractivity contribution is -0.220. The SMILES string of the molecule is CCCCCCCCC/C=C/C(O)C(COP(=O)(O)OC1C(O)C(O)C(O)C(O)C1O)NC(=O)CC(O)CCCCCCCCCCCCCCCCCC. The van der Waals surface area contributed by atoms with Gasteiger partial charge < -0.3 is 46.0 Å². The van der Waals surface area contributed by atoms with E-state index in [0.29, 0.717) is 12.8 Å². The third-order valence-corrected chi connectivity index (χ3v) is 11.6. The van der Waals surface area contributed by atoms with Crippen LogP contribution in [-0.4, -0.2) is 108 Å². The van der Waals surface area contributed by atoms with Crippen molar-refractivity contribution in [2.24, 2.45) is 0 Å². The van der Waals surface area contributed by atoms with Crippen molar-refractivity contribution >= 4 is 13.7 Å². The molecule has 0 spiro atoms. The monoisotopic (exact) mass is 810 g/mol. The fraction of sp³-hybridized carbons (Fsp3) is 0.927. The second kappa shape index (κ2) is 32.0. The first-order valence-corrected chi connectivity index (χ1v) is 23.2. The number of nitrogens with one attached hydrogen (secondary N) is 1. The molecule has 1 aliphatic rings. The van der Waals surface area contributed by atoms with Gasteiger partial charge in [-0.1, -0.05) is 167 Å². The Morgan fingerprint density at radius 2 is 1.04 bits per heavy atom. The molecule has 0 saturated heterocycles. The smallest absolute Gasteiger partial charge is 0.393 e. The van der Waals surface area contributed by atoms with Crippen LogP contribution in [0, 0.1) is 0 Å². The van der Waals surface area contributed by atoms with Crippen molar-refractivity contribution in [2.75, 3.05) is 6.61 Å². The van der Waals surface area contributed by atoms with Crippen LogP contribution >= 0.6 is 7.82 Å². The van der Waals surface area contributed by atoms with Crippen molar-refractivity contribution in [2.45, 2.75) is 236 Å². The molecule has 9 N–H and O–H groups in total. The molecule has 0 aromatic rings. The molecule has 1 amide bonds. The molecule has 326 valence electrons. The van der Waals surface area contributed by atoms with Crippen molar-refractivity contribution in [3.05, 3.63) is 12.2 Å². The van der Waals surface area contributed by atoms with E-state index >= 15 is 0 Å². The fourth-order valence-electron chi connectivity index (χ4n) is 7.00. The summed E-state index contributed by atoms with van der Waals surface area (Å²) in [5, 5.41) is 74.1. The van der Waals surface area contributed by atoms with Gasteiger partial charge in [0.25, 0.3) is 0 Å². The lowest BCUT2D eigenvalue weighted by Gasteiger charge is -2.41. The van der Waals surface area contributed by atoms with Gasteiger partial charge in [-0.15, -0.1) is 0 Å². The summed E-state index contributed by atoms with van der Waals surface area (Å²) in [7, 11) is -5.13. The molecule has 55 heavy (non-hydrogen) atoms. The molecule has 1 saturated carbocycles. The summed E-state index contributed by atoms with van der Waals surface area (Å²) in [5.74, 6) is -0.593. The minimum absolute atomic E-state index is 0.241.